The fourth-order valence-corrected chi connectivity index (χ4v) is 2.34. The van der Waals surface area contributed by atoms with Crippen LogP contribution in [0.3, 0.4) is 0 Å². The van der Waals surface area contributed by atoms with E-state index in [9.17, 15) is 0 Å². The lowest BCUT2D eigenvalue weighted by Crippen LogP contribution is -2.29. The molecular formula is C10H14N4S. The second-order valence-corrected chi connectivity index (χ2v) is 4.64. The van der Waals surface area contributed by atoms with Crippen molar-refractivity contribution in [1.29, 1.82) is 0 Å². The van der Waals surface area contributed by atoms with Gasteiger partial charge in [-0.3, -0.25) is 5.84 Å². The molecule has 5 heteroatoms. The first-order chi connectivity index (χ1) is 7.22. The number of nitrogens with zero attached hydrogens (tertiary/aromatic N) is 2. The van der Waals surface area contributed by atoms with Crippen LogP contribution in [0.2, 0.25) is 0 Å². The summed E-state index contributed by atoms with van der Waals surface area (Å²) in [4.78, 5) is 5.38. The third kappa shape index (κ3) is 1.94. The Morgan fingerprint density at radius 1 is 1.60 bits per heavy atom. The van der Waals surface area contributed by atoms with Crippen LogP contribution in [0.5, 0.6) is 0 Å². The Kier molecular flexibility index (Phi) is 2.86. The zero-order valence-corrected chi connectivity index (χ0v) is 9.58. The third-order valence-electron chi connectivity index (χ3n) is 2.40. The van der Waals surface area contributed by atoms with Crippen LogP contribution in [-0.2, 0) is 7.05 Å². The number of thiophene rings is 1. The summed E-state index contributed by atoms with van der Waals surface area (Å²) < 4.78 is 1.97. The number of rotatable bonds is 3. The van der Waals surface area contributed by atoms with E-state index in [0.29, 0.717) is 0 Å². The van der Waals surface area contributed by atoms with Crippen LogP contribution >= 0.6 is 11.3 Å². The van der Waals surface area contributed by atoms with Gasteiger partial charge in [0.1, 0.15) is 0 Å². The minimum atomic E-state index is 0.0162. The van der Waals surface area contributed by atoms with Gasteiger partial charge in [-0.15, -0.1) is 11.3 Å². The largest absolute Gasteiger partial charge is 0.336 e. The van der Waals surface area contributed by atoms with Gasteiger partial charge in [-0.05, 0) is 23.9 Å². The minimum absolute atomic E-state index is 0.0162. The zero-order valence-electron chi connectivity index (χ0n) is 8.77. The normalized spacial score (nSPS) is 13.0. The van der Waals surface area contributed by atoms with Gasteiger partial charge in [0.25, 0.3) is 0 Å². The van der Waals surface area contributed by atoms with Crippen molar-refractivity contribution in [2.75, 3.05) is 0 Å². The number of imidazole rings is 1. The van der Waals surface area contributed by atoms with Crippen molar-refractivity contribution in [3.8, 4) is 0 Å². The van der Waals surface area contributed by atoms with Crippen LogP contribution in [-0.4, -0.2) is 9.55 Å². The summed E-state index contributed by atoms with van der Waals surface area (Å²) in [5.41, 5.74) is 5.07. The van der Waals surface area contributed by atoms with Gasteiger partial charge in [0.05, 0.1) is 24.3 Å². The quantitative estimate of drug-likeness (QED) is 0.608. The molecule has 1 atom stereocenters. The van der Waals surface area contributed by atoms with E-state index in [1.807, 2.05) is 17.8 Å². The van der Waals surface area contributed by atoms with Crippen molar-refractivity contribution in [2.24, 2.45) is 12.9 Å². The maximum Gasteiger partial charge on any atom is 0.0946 e. The molecule has 0 aliphatic carbocycles. The monoisotopic (exact) mass is 222 g/mol. The molecule has 2 rings (SSSR count). The van der Waals surface area contributed by atoms with Crippen LogP contribution in [0, 0.1) is 6.92 Å². The van der Waals surface area contributed by atoms with Gasteiger partial charge in [-0.2, -0.15) is 0 Å². The molecule has 0 fully saturated rings. The van der Waals surface area contributed by atoms with Crippen molar-refractivity contribution in [3.05, 3.63) is 40.1 Å². The highest BCUT2D eigenvalue weighted by molar-refractivity contribution is 7.10. The summed E-state index contributed by atoms with van der Waals surface area (Å²) in [7, 11) is 1.96. The van der Waals surface area contributed by atoms with Crippen LogP contribution in [0.25, 0.3) is 0 Å². The van der Waals surface area contributed by atoms with Gasteiger partial charge >= 0.3 is 0 Å². The molecule has 2 heterocycles. The van der Waals surface area contributed by atoms with E-state index < -0.39 is 0 Å². The molecule has 0 aliphatic heterocycles. The average molecular weight is 222 g/mol. The summed E-state index contributed by atoms with van der Waals surface area (Å²) in [6.45, 7) is 2.09. The Balaban J connectivity index is 2.36. The first kappa shape index (κ1) is 10.4. The number of nitrogens with one attached hydrogen (secondary N) is 1. The minimum Gasteiger partial charge on any atom is -0.336 e. The molecular weight excluding hydrogens is 208 g/mol. The Bertz CT molecular complexity index is 446. The first-order valence-electron chi connectivity index (χ1n) is 4.69. The van der Waals surface area contributed by atoms with Gasteiger partial charge in [-0.1, -0.05) is 0 Å². The molecule has 2 aromatic heterocycles. The maximum atomic E-state index is 5.59. The molecule has 4 nitrogen and oxygen atoms in total. The number of aromatic nitrogens is 2. The summed E-state index contributed by atoms with van der Waals surface area (Å²) in [5, 5.41) is 2.12. The average Bonchev–Trinajstić information content (AvgIpc) is 2.79. The van der Waals surface area contributed by atoms with Crippen molar-refractivity contribution in [3.63, 3.8) is 0 Å². The molecule has 0 spiro atoms. The summed E-state index contributed by atoms with van der Waals surface area (Å²) in [6.07, 6.45) is 3.61. The molecule has 0 saturated heterocycles. The molecule has 3 N–H and O–H groups in total. The van der Waals surface area contributed by atoms with E-state index in [1.165, 1.54) is 10.4 Å². The summed E-state index contributed by atoms with van der Waals surface area (Å²) >= 11 is 1.73. The van der Waals surface area contributed by atoms with Gasteiger partial charge in [-0.25, -0.2) is 10.4 Å². The molecule has 0 aromatic carbocycles. The lowest BCUT2D eigenvalue weighted by atomic mass is 10.1. The maximum absolute atomic E-state index is 5.59. The van der Waals surface area contributed by atoms with E-state index in [1.54, 1.807) is 17.7 Å². The van der Waals surface area contributed by atoms with Crippen LogP contribution in [0.1, 0.15) is 22.2 Å². The number of hydrazine groups is 1. The molecule has 0 bridgehead atoms. The van der Waals surface area contributed by atoms with Crippen molar-refractivity contribution in [2.45, 2.75) is 13.0 Å². The number of nitrogens with two attached hydrogens (primary N) is 1. The Morgan fingerprint density at radius 3 is 2.87 bits per heavy atom. The third-order valence-corrected chi connectivity index (χ3v) is 3.28. The Labute approximate surface area is 92.7 Å². The van der Waals surface area contributed by atoms with E-state index in [0.717, 1.165) is 5.69 Å². The lowest BCUT2D eigenvalue weighted by Gasteiger charge is -2.14. The Hall–Kier alpha value is -1.17. The molecule has 15 heavy (non-hydrogen) atoms. The molecule has 2 aromatic rings. The SMILES string of the molecule is Cc1cc(C(NN)c2cncn2C)cs1. The predicted molar refractivity (Wildman–Crippen MR) is 61.4 cm³/mol. The fourth-order valence-electron chi connectivity index (χ4n) is 1.61. The highest BCUT2D eigenvalue weighted by atomic mass is 32.1. The second kappa shape index (κ2) is 4.14. The molecule has 0 radical (unpaired) electrons. The summed E-state index contributed by atoms with van der Waals surface area (Å²) in [6, 6.07) is 2.16. The zero-order chi connectivity index (χ0) is 10.8. The number of hydrogen-bond acceptors (Lipinski definition) is 4. The van der Waals surface area contributed by atoms with E-state index in [-0.39, 0.29) is 6.04 Å². The highest BCUT2D eigenvalue weighted by Crippen LogP contribution is 2.24. The van der Waals surface area contributed by atoms with Gasteiger partial charge in [0.15, 0.2) is 0 Å². The predicted octanol–water partition coefficient (Wildman–Crippen LogP) is 1.34. The smallest absolute Gasteiger partial charge is 0.0946 e. The molecule has 80 valence electrons. The van der Waals surface area contributed by atoms with Gasteiger partial charge in [0.2, 0.25) is 0 Å². The van der Waals surface area contributed by atoms with Crippen LogP contribution in [0.4, 0.5) is 0 Å². The second-order valence-electron chi connectivity index (χ2n) is 3.52. The van der Waals surface area contributed by atoms with E-state index >= 15 is 0 Å². The topological polar surface area (TPSA) is 55.9 Å². The standard InChI is InChI=1S/C10H14N4S/c1-7-3-8(5-15-7)10(13-11)9-4-12-6-14(9)2/h3-6,10,13H,11H2,1-2H3. The fraction of sp³-hybridized carbons (Fsp3) is 0.300. The molecule has 0 amide bonds. The number of hydrogen-bond donors (Lipinski definition) is 2. The molecule has 0 aliphatic rings. The van der Waals surface area contributed by atoms with Gasteiger partial charge in [0, 0.05) is 11.9 Å². The van der Waals surface area contributed by atoms with Crippen LogP contribution in [0.15, 0.2) is 24.0 Å². The van der Waals surface area contributed by atoms with Gasteiger partial charge < -0.3 is 4.57 Å². The number of aryl methyl sites for hydroxylation is 2. The van der Waals surface area contributed by atoms with Crippen LogP contribution < -0.4 is 11.3 Å². The van der Waals surface area contributed by atoms with E-state index in [2.05, 4.69) is 28.8 Å². The molecule has 1 unspecified atom stereocenters. The Morgan fingerprint density at radius 2 is 2.40 bits per heavy atom. The van der Waals surface area contributed by atoms with Crippen molar-refractivity contribution >= 4 is 11.3 Å². The lowest BCUT2D eigenvalue weighted by molar-refractivity contribution is 0.598. The van der Waals surface area contributed by atoms with E-state index in [4.69, 9.17) is 5.84 Å². The van der Waals surface area contributed by atoms with Crippen molar-refractivity contribution in [1.82, 2.24) is 15.0 Å². The van der Waals surface area contributed by atoms with Crippen molar-refractivity contribution < 1.29 is 0 Å². The first-order valence-corrected chi connectivity index (χ1v) is 5.57. The molecule has 0 saturated carbocycles. The summed E-state index contributed by atoms with van der Waals surface area (Å²) in [5.74, 6) is 5.59. The highest BCUT2D eigenvalue weighted by Gasteiger charge is 2.16.